The molecule has 0 saturated heterocycles. The molecule has 0 spiro atoms. The number of unbranched alkanes of at least 4 members (excludes halogenated alkanes) is 15. The Morgan fingerprint density at radius 2 is 0.375 bits per heavy atom. The summed E-state index contributed by atoms with van der Waals surface area (Å²) in [5.41, 5.74) is 0. The van der Waals surface area contributed by atoms with Crippen LogP contribution >= 0.6 is 14.5 Å². The molecule has 4 heteroatoms. The second-order valence-electron chi connectivity index (χ2n) is 13.1. The van der Waals surface area contributed by atoms with Crippen molar-refractivity contribution in [2.45, 2.75) is 183 Å². The molecule has 0 fully saturated rings. The zero-order valence-electron chi connectivity index (χ0n) is 28.9. The van der Waals surface area contributed by atoms with E-state index in [1.54, 1.807) is 62.1 Å². The van der Waals surface area contributed by atoms with Gasteiger partial charge in [0.2, 0.25) is 0 Å². The van der Waals surface area contributed by atoms with Gasteiger partial charge in [0.25, 0.3) is 0 Å². The highest BCUT2D eigenvalue weighted by Crippen LogP contribution is 2.62. The highest BCUT2D eigenvalue weighted by atomic mass is 79.9. The minimum absolute atomic E-state index is 0. The normalized spacial score (nSPS) is 11.8. The third kappa shape index (κ3) is 25.2. The average molecular weight is 733 g/mol. The Bertz CT molecular complexity index is 386. The highest BCUT2D eigenvalue weighted by Gasteiger charge is 2.35. The molecule has 0 atom stereocenters. The smallest absolute Gasteiger partial charge is 0.0594 e. The summed E-state index contributed by atoms with van der Waals surface area (Å²) in [6, 6.07) is 0. The molecule has 0 unspecified atom stereocenters. The van der Waals surface area contributed by atoms with E-state index < -0.39 is 14.5 Å². The summed E-state index contributed by atoms with van der Waals surface area (Å²) < 4.78 is 0. The van der Waals surface area contributed by atoms with Crippen LogP contribution in [0.1, 0.15) is 183 Å². The van der Waals surface area contributed by atoms with Crippen molar-refractivity contribution in [3.8, 4) is 0 Å². The largest absolute Gasteiger partial charge is 1.00 e. The van der Waals surface area contributed by atoms with Crippen LogP contribution in [0.5, 0.6) is 0 Å². The zero-order chi connectivity index (χ0) is 28.2. The van der Waals surface area contributed by atoms with Crippen LogP contribution in [0.25, 0.3) is 0 Å². The van der Waals surface area contributed by atoms with E-state index >= 15 is 0 Å². The van der Waals surface area contributed by atoms with Gasteiger partial charge in [-0.3, -0.25) is 0 Å². The predicted molar refractivity (Wildman–Crippen MR) is 188 cm³/mol. The van der Waals surface area contributed by atoms with E-state index in [-0.39, 0.29) is 34.0 Å². The van der Waals surface area contributed by atoms with Crippen molar-refractivity contribution in [2.75, 3.05) is 49.3 Å². The first-order valence-electron chi connectivity index (χ1n) is 18.3. The molecular formula is C36H78Br2P2. The number of halogens is 2. The first-order valence-corrected chi connectivity index (χ1v) is 23.3. The second kappa shape index (κ2) is 33.7. The van der Waals surface area contributed by atoms with Gasteiger partial charge >= 0.3 is 0 Å². The first-order chi connectivity index (χ1) is 18.6. The van der Waals surface area contributed by atoms with Crippen LogP contribution in [0.15, 0.2) is 0 Å². The molecule has 0 aliphatic carbocycles. The van der Waals surface area contributed by atoms with Gasteiger partial charge in [0.1, 0.15) is 0 Å². The summed E-state index contributed by atoms with van der Waals surface area (Å²) >= 11 is 0. The monoisotopic (exact) mass is 730 g/mol. The van der Waals surface area contributed by atoms with Crippen molar-refractivity contribution in [3.05, 3.63) is 0 Å². The molecule has 0 bridgehead atoms. The van der Waals surface area contributed by atoms with Crippen molar-refractivity contribution >= 4 is 14.5 Å². The van der Waals surface area contributed by atoms with Crippen LogP contribution in [0.4, 0.5) is 0 Å². The van der Waals surface area contributed by atoms with Gasteiger partial charge in [0.05, 0.1) is 49.3 Å². The van der Waals surface area contributed by atoms with Crippen LogP contribution in [0.3, 0.4) is 0 Å². The van der Waals surface area contributed by atoms with Crippen LogP contribution in [0.2, 0.25) is 0 Å². The van der Waals surface area contributed by atoms with Gasteiger partial charge < -0.3 is 34.0 Å². The Hall–Kier alpha value is 1.82. The number of hydrogen-bond donors (Lipinski definition) is 0. The summed E-state index contributed by atoms with van der Waals surface area (Å²) in [5.74, 6) is 0. The maximum absolute atomic E-state index is 2.40. The van der Waals surface area contributed by atoms with Crippen molar-refractivity contribution < 1.29 is 34.0 Å². The van der Waals surface area contributed by atoms with Gasteiger partial charge in [0, 0.05) is 14.5 Å². The molecule has 0 aliphatic heterocycles. The second-order valence-corrected chi connectivity index (χ2v) is 22.1. The van der Waals surface area contributed by atoms with Crippen LogP contribution in [-0.2, 0) is 0 Å². The van der Waals surface area contributed by atoms with E-state index in [0.29, 0.717) is 0 Å². The lowest BCUT2D eigenvalue weighted by Crippen LogP contribution is -3.00. The summed E-state index contributed by atoms with van der Waals surface area (Å²) in [6.07, 6.45) is 45.5. The fourth-order valence-corrected chi connectivity index (χ4v) is 17.0. The maximum atomic E-state index is 2.40. The van der Waals surface area contributed by atoms with Gasteiger partial charge in [-0.25, -0.2) is 0 Å². The van der Waals surface area contributed by atoms with Crippen molar-refractivity contribution in [1.29, 1.82) is 0 Å². The lowest BCUT2D eigenvalue weighted by atomic mass is 10.1. The molecule has 0 aromatic heterocycles. The van der Waals surface area contributed by atoms with Gasteiger partial charge in [-0.2, -0.15) is 0 Å². The molecule has 0 rings (SSSR count). The third-order valence-corrected chi connectivity index (χ3v) is 19.6. The molecule has 0 nitrogen and oxygen atoms in total. The van der Waals surface area contributed by atoms with E-state index in [4.69, 9.17) is 0 Å². The van der Waals surface area contributed by atoms with E-state index in [1.807, 2.05) is 0 Å². The highest BCUT2D eigenvalue weighted by molar-refractivity contribution is 7.76. The standard InChI is InChI=1S/C36H78P2.2BrH/c1-7-13-29-37(30-14-8-2,31-15-9-3)35-27-25-23-21-19-20-22-24-26-28-36-38(32-16-10-4,33-17-11-5)34-18-12-6;;/h7-36H2,1-6H3;2*1H/q+2;;/p-2. The lowest BCUT2D eigenvalue weighted by Gasteiger charge is -2.28. The Kier molecular flexibility index (Phi) is 39.0. The van der Waals surface area contributed by atoms with E-state index in [9.17, 15) is 0 Å². The van der Waals surface area contributed by atoms with Crippen LogP contribution in [-0.4, -0.2) is 49.3 Å². The molecule has 0 aromatic rings. The van der Waals surface area contributed by atoms with Crippen LogP contribution < -0.4 is 34.0 Å². The Morgan fingerprint density at radius 1 is 0.225 bits per heavy atom. The topological polar surface area (TPSA) is 0 Å². The maximum Gasteiger partial charge on any atom is 0.0594 e. The molecule has 0 aromatic carbocycles. The molecule has 0 radical (unpaired) electrons. The molecule has 0 amide bonds. The summed E-state index contributed by atoms with van der Waals surface area (Å²) in [7, 11) is -1.30. The fraction of sp³-hybridized carbons (Fsp3) is 1.00. The van der Waals surface area contributed by atoms with E-state index in [1.165, 1.54) is 128 Å². The number of rotatable bonds is 31. The fourth-order valence-electron chi connectivity index (χ4n) is 6.61. The van der Waals surface area contributed by atoms with Crippen molar-refractivity contribution in [1.82, 2.24) is 0 Å². The van der Waals surface area contributed by atoms with Crippen molar-refractivity contribution in [3.63, 3.8) is 0 Å². The quantitative estimate of drug-likeness (QED) is 0.0506. The predicted octanol–water partition coefficient (Wildman–Crippen LogP) is 7.73. The Balaban J connectivity index is -0.00000684. The van der Waals surface area contributed by atoms with Gasteiger partial charge in [-0.05, 0) is 64.2 Å². The Morgan fingerprint density at radius 3 is 0.550 bits per heavy atom. The van der Waals surface area contributed by atoms with Crippen molar-refractivity contribution in [2.24, 2.45) is 0 Å². The molecule has 0 aliphatic rings. The third-order valence-electron chi connectivity index (χ3n) is 9.43. The molecule has 0 saturated carbocycles. The van der Waals surface area contributed by atoms with Gasteiger partial charge in [-0.15, -0.1) is 0 Å². The minimum atomic E-state index is -0.652. The molecular weight excluding hydrogens is 654 g/mol. The first kappa shape index (κ1) is 46.2. The molecule has 246 valence electrons. The SMILES string of the molecule is CCCC[P+](CCCC)(CCCC)CCCCCCCCCCCC[P+](CCCC)(CCCC)CCCC.[Br-].[Br-]. The van der Waals surface area contributed by atoms with Crippen LogP contribution in [0, 0.1) is 0 Å². The number of hydrogen-bond acceptors (Lipinski definition) is 0. The molecule has 40 heavy (non-hydrogen) atoms. The van der Waals surface area contributed by atoms with Gasteiger partial charge in [0.15, 0.2) is 0 Å². The Labute approximate surface area is 279 Å². The van der Waals surface area contributed by atoms with E-state index in [0.717, 1.165) is 0 Å². The lowest BCUT2D eigenvalue weighted by molar-refractivity contribution is -0.00100. The van der Waals surface area contributed by atoms with E-state index in [2.05, 4.69) is 41.5 Å². The molecule has 0 heterocycles. The minimum Gasteiger partial charge on any atom is -1.00 e. The van der Waals surface area contributed by atoms with Gasteiger partial charge in [-0.1, -0.05) is 119 Å². The average Bonchev–Trinajstić information content (AvgIpc) is 2.94. The summed E-state index contributed by atoms with van der Waals surface area (Å²) in [5, 5.41) is 0. The summed E-state index contributed by atoms with van der Waals surface area (Å²) in [6.45, 7) is 14.4. The molecule has 0 N–H and O–H groups in total. The summed E-state index contributed by atoms with van der Waals surface area (Å²) in [4.78, 5) is 0. The zero-order valence-corrected chi connectivity index (χ0v) is 33.8.